The molecule has 0 aliphatic heterocycles. The number of anilines is 1. The van der Waals surface area contributed by atoms with Crippen LogP contribution in [0.2, 0.25) is 0 Å². The number of fused-ring (bicyclic) bond motifs is 1. The van der Waals surface area contributed by atoms with Crippen LogP contribution in [0.15, 0.2) is 67.0 Å². The van der Waals surface area contributed by atoms with Crippen molar-refractivity contribution in [3.8, 4) is 17.0 Å². The lowest BCUT2D eigenvalue weighted by molar-refractivity contribution is -0.606. The molecule has 7 heteroatoms. The van der Waals surface area contributed by atoms with Gasteiger partial charge in [-0.3, -0.25) is 0 Å². The van der Waals surface area contributed by atoms with Crippen LogP contribution in [0.4, 0.5) is 5.95 Å². The molecule has 1 aromatic carbocycles. The smallest absolute Gasteiger partial charge is 0.243 e. The van der Waals surface area contributed by atoms with Gasteiger partial charge in [0.25, 0.3) is 0 Å². The van der Waals surface area contributed by atoms with Gasteiger partial charge in [-0.15, -0.1) is 5.10 Å². The van der Waals surface area contributed by atoms with Gasteiger partial charge < -0.3 is 15.3 Å². The zero-order valence-electron chi connectivity index (χ0n) is 15.9. The third-order valence-electron chi connectivity index (χ3n) is 5.00. The summed E-state index contributed by atoms with van der Waals surface area (Å²) in [5.41, 5.74) is 3.64. The Kier molecular flexibility index (Phi) is 4.48. The molecule has 1 saturated carbocycles. The minimum Gasteiger partial charge on any atom is -0.619 e. The molecule has 1 aliphatic carbocycles. The number of benzene rings is 1. The largest absolute Gasteiger partial charge is 0.619 e. The van der Waals surface area contributed by atoms with Gasteiger partial charge in [-0.05, 0) is 61.2 Å². The number of nitrogens with zero attached hydrogens (tertiary/aromatic N) is 4. The number of hydrogen-bond acceptors (Lipinski definition) is 5. The van der Waals surface area contributed by atoms with Gasteiger partial charge in [0, 0.05) is 18.2 Å². The van der Waals surface area contributed by atoms with Crippen molar-refractivity contribution in [2.75, 3.05) is 11.9 Å². The molecule has 0 saturated heterocycles. The average Bonchev–Trinajstić information content (AvgIpc) is 3.48. The monoisotopic (exact) mass is 387 g/mol. The summed E-state index contributed by atoms with van der Waals surface area (Å²) in [7, 11) is 0. The summed E-state index contributed by atoms with van der Waals surface area (Å²) in [6.45, 7) is 1.28. The summed E-state index contributed by atoms with van der Waals surface area (Å²) in [5.74, 6) is 2.18. The molecular weight excluding hydrogens is 366 g/mol. The van der Waals surface area contributed by atoms with E-state index in [9.17, 15) is 5.21 Å². The van der Waals surface area contributed by atoms with Crippen molar-refractivity contribution in [2.45, 2.75) is 19.4 Å². The summed E-state index contributed by atoms with van der Waals surface area (Å²) in [6, 6.07) is 17.4. The molecule has 3 heterocycles. The van der Waals surface area contributed by atoms with Crippen LogP contribution < -0.4 is 14.8 Å². The second kappa shape index (κ2) is 7.43. The Balaban J connectivity index is 1.33. The van der Waals surface area contributed by atoms with Crippen LogP contribution in [0.5, 0.6) is 5.75 Å². The number of ether oxygens (including phenoxy) is 1. The lowest BCUT2D eigenvalue weighted by Crippen LogP contribution is -2.25. The van der Waals surface area contributed by atoms with Crippen molar-refractivity contribution in [1.29, 1.82) is 0 Å². The topological polar surface area (TPSA) is 78.4 Å². The van der Waals surface area contributed by atoms with Gasteiger partial charge in [0.2, 0.25) is 5.95 Å². The molecule has 146 valence electrons. The van der Waals surface area contributed by atoms with Crippen LogP contribution in [0.3, 0.4) is 0 Å². The summed E-state index contributed by atoms with van der Waals surface area (Å²) >= 11 is 0. The van der Waals surface area contributed by atoms with Crippen molar-refractivity contribution in [1.82, 2.24) is 14.6 Å². The quantitative estimate of drug-likeness (QED) is 0.388. The van der Waals surface area contributed by atoms with Crippen molar-refractivity contribution >= 4 is 11.6 Å². The third kappa shape index (κ3) is 3.99. The van der Waals surface area contributed by atoms with E-state index in [0.29, 0.717) is 12.6 Å². The first kappa shape index (κ1) is 17.5. The molecule has 0 atom stereocenters. The van der Waals surface area contributed by atoms with E-state index in [0.717, 1.165) is 45.4 Å². The molecule has 4 aromatic rings. The Morgan fingerprint density at radius 3 is 2.76 bits per heavy atom. The first-order valence-corrected chi connectivity index (χ1v) is 9.75. The molecule has 1 aliphatic rings. The molecule has 1 fully saturated rings. The Morgan fingerprint density at radius 1 is 1.10 bits per heavy atom. The Bertz CT molecular complexity index is 1140. The summed E-state index contributed by atoms with van der Waals surface area (Å²) in [5, 5.41) is 19.3. The van der Waals surface area contributed by atoms with Gasteiger partial charge in [-0.2, -0.15) is 9.71 Å². The van der Waals surface area contributed by atoms with E-state index in [1.165, 1.54) is 25.2 Å². The van der Waals surface area contributed by atoms with E-state index in [-0.39, 0.29) is 0 Å². The number of hydrogen-bond donors (Lipinski definition) is 1. The highest BCUT2D eigenvalue weighted by molar-refractivity contribution is 5.64. The zero-order valence-corrected chi connectivity index (χ0v) is 15.9. The lowest BCUT2D eigenvalue weighted by atomic mass is 10.1. The van der Waals surface area contributed by atoms with Gasteiger partial charge in [0.15, 0.2) is 18.0 Å². The second-order valence-corrected chi connectivity index (χ2v) is 7.33. The van der Waals surface area contributed by atoms with Crippen LogP contribution in [-0.2, 0) is 6.61 Å². The third-order valence-corrected chi connectivity index (χ3v) is 5.00. The van der Waals surface area contributed by atoms with E-state index in [1.807, 2.05) is 53.0 Å². The fourth-order valence-electron chi connectivity index (χ4n) is 3.23. The maximum absolute atomic E-state index is 11.3. The van der Waals surface area contributed by atoms with E-state index in [4.69, 9.17) is 4.74 Å². The van der Waals surface area contributed by atoms with Crippen LogP contribution in [0.1, 0.15) is 18.4 Å². The van der Waals surface area contributed by atoms with Crippen LogP contribution in [0.25, 0.3) is 16.9 Å². The van der Waals surface area contributed by atoms with Crippen molar-refractivity contribution < 1.29 is 9.47 Å². The lowest BCUT2D eigenvalue weighted by Gasteiger charge is -2.08. The molecule has 5 rings (SSSR count). The predicted octanol–water partition coefficient (Wildman–Crippen LogP) is 3.43. The van der Waals surface area contributed by atoms with Crippen LogP contribution in [-0.4, -0.2) is 21.1 Å². The minimum atomic E-state index is 0.344. The molecule has 0 bridgehead atoms. The van der Waals surface area contributed by atoms with Gasteiger partial charge in [-0.25, -0.2) is 4.52 Å². The molecule has 29 heavy (non-hydrogen) atoms. The highest BCUT2D eigenvalue weighted by Crippen LogP contribution is 2.29. The fourth-order valence-corrected chi connectivity index (χ4v) is 3.23. The average molecular weight is 387 g/mol. The summed E-state index contributed by atoms with van der Waals surface area (Å²) in [6.07, 6.45) is 5.55. The standard InChI is InChI=1S/C22H21N5O2/c28-26-12-2-3-17(14-26)15-29-19-10-8-18(9-11-19)20-4-1-5-21-24-22(25-27(20)21)23-13-16-6-7-16/h1-5,8-12,14,16H,6-7,13,15H2,(H,23,25). The van der Waals surface area contributed by atoms with Gasteiger partial charge in [0.05, 0.1) is 11.3 Å². The highest BCUT2D eigenvalue weighted by atomic mass is 16.5. The Hall–Kier alpha value is -3.61. The molecule has 0 unspecified atom stereocenters. The Labute approximate surface area is 168 Å². The van der Waals surface area contributed by atoms with Crippen molar-refractivity contribution in [3.63, 3.8) is 0 Å². The van der Waals surface area contributed by atoms with Gasteiger partial charge in [0.1, 0.15) is 12.4 Å². The Morgan fingerprint density at radius 2 is 1.97 bits per heavy atom. The maximum Gasteiger partial charge on any atom is 0.243 e. The number of rotatable bonds is 7. The molecule has 3 aromatic heterocycles. The van der Waals surface area contributed by atoms with Crippen LogP contribution >= 0.6 is 0 Å². The van der Waals surface area contributed by atoms with E-state index in [1.54, 1.807) is 6.07 Å². The second-order valence-electron chi connectivity index (χ2n) is 7.33. The van der Waals surface area contributed by atoms with E-state index in [2.05, 4.69) is 15.4 Å². The SMILES string of the molecule is [O-][n+]1cccc(COc2ccc(-c3cccc4nc(NCC5CC5)nn34)cc2)c1. The maximum atomic E-state index is 11.3. The van der Waals surface area contributed by atoms with Gasteiger partial charge >= 0.3 is 0 Å². The molecule has 0 amide bonds. The first-order valence-electron chi connectivity index (χ1n) is 9.75. The van der Waals surface area contributed by atoms with E-state index < -0.39 is 0 Å². The highest BCUT2D eigenvalue weighted by Gasteiger charge is 2.21. The predicted molar refractivity (Wildman–Crippen MR) is 109 cm³/mol. The first-order chi connectivity index (χ1) is 14.2. The van der Waals surface area contributed by atoms with Crippen LogP contribution in [0, 0.1) is 11.1 Å². The molecule has 0 spiro atoms. The van der Waals surface area contributed by atoms with Crippen molar-refractivity contribution in [3.05, 3.63) is 77.8 Å². The number of aromatic nitrogens is 4. The normalized spacial score (nSPS) is 13.5. The molecular formula is C22H21N5O2. The number of pyridine rings is 2. The molecule has 1 N–H and O–H groups in total. The summed E-state index contributed by atoms with van der Waals surface area (Å²) in [4.78, 5) is 4.57. The van der Waals surface area contributed by atoms with Crippen molar-refractivity contribution in [2.24, 2.45) is 5.92 Å². The zero-order chi connectivity index (χ0) is 19.6. The summed E-state index contributed by atoms with van der Waals surface area (Å²) < 4.78 is 8.43. The minimum absolute atomic E-state index is 0.344. The number of nitrogens with one attached hydrogen (secondary N) is 1. The molecule has 0 radical (unpaired) electrons. The van der Waals surface area contributed by atoms with Gasteiger partial charge in [-0.1, -0.05) is 6.07 Å². The fraction of sp³-hybridized carbons (Fsp3) is 0.227. The van der Waals surface area contributed by atoms with E-state index >= 15 is 0 Å². The molecule has 7 nitrogen and oxygen atoms in total.